The second-order valence-corrected chi connectivity index (χ2v) is 5.87. The zero-order valence-electron chi connectivity index (χ0n) is 10.2. The summed E-state index contributed by atoms with van der Waals surface area (Å²) in [6.45, 7) is 4.11. The number of ether oxygens (including phenoxy) is 1. The smallest absolute Gasteiger partial charge is 0.375 e. The minimum atomic E-state index is -6.17. The van der Waals surface area contributed by atoms with Gasteiger partial charge in [0.05, 0.1) is 12.2 Å². The van der Waals surface area contributed by atoms with Crippen LogP contribution in [-0.2, 0) is 14.9 Å². The lowest BCUT2D eigenvalue weighted by Gasteiger charge is -2.27. The molecule has 0 saturated carbocycles. The van der Waals surface area contributed by atoms with E-state index in [1.165, 1.54) is 0 Å². The van der Waals surface area contributed by atoms with Crippen LogP contribution in [0.5, 0.6) is 0 Å². The van der Waals surface area contributed by atoms with Crippen LogP contribution in [0.4, 0.5) is 17.6 Å². The van der Waals surface area contributed by atoms with Gasteiger partial charge in [-0.1, -0.05) is 6.92 Å². The molecule has 0 fully saturated rings. The molecule has 1 N–H and O–H groups in total. The molecule has 0 saturated heterocycles. The Kier molecular flexibility index (Phi) is 5.18. The molecule has 0 bridgehead atoms. The van der Waals surface area contributed by atoms with E-state index in [0.29, 0.717) is 6.42 Å². The van der Waals surface area contributed by atoms with Crippen molar-refractivity contribution in [2.45, 2.75) is 50.4 Å². The minimum absolute atomic E-state index is 0.466. The first-order valence-electron chi connectivity index (χ1n) is 5.13. The third-order valence-corrected chi connectivity index (χ3v) is 3.46. The van der Waals surface area contributed by atoms with Gasteiger partial charge in [-0.2, -0.15) is 26.0 Å². The van der Waals surface area contributed by atoms with Gasteiger partial charge in [0.15, 0.2) is 0 Å². The van der Waals surface area contributed by atoms with E-state index in [2.05, 4.69) is 0 Å². The van der Waals surface area contributed by atoms with Gasteiger partial charge in [0.1, 0.15) is 0 Å². The van der Waals surface area contributed by atoms with Crippen molar-refractivity contribution in [3.8, 4) is 0 Å². The summed E-state index contributed by atoms with van der Waals surface area (Å²) in [4.78, 5) is 0. The molecule has 0 radical (unpaired) electrons. The molecular weight excluding hydrogens is 280 g/mol. The molecule has 18 heavy (non-hydrogen) atoms. The predicted octanol–water partition coefficient (Wildman–Crippen LogP) is 2.70. The lowest BCUT2D eigenvalue weighted by molar-refractivity contribution is -0.177. The summed E-state index contributed by atoms with van der Waals surface area (Å²) in [6, 6.07) is 0. The SMILES string of the molecule is CCC(C)(C)OCCC(F)(F)C(F)(F)S(=O)(=O)O. The first-order chi connectivity index (χ1) is 7.77. The highest BCUT2D eigenvalue weighted by Crippen LogP contribution is 2.40. The van der Waals surface area contributed by atoms with Gasteiger partial charge in [-0.15, -0.1) is 0 Å². The van der Waals surface area contributed by atoms with Crippen LogP contribution >= 0.6 is 0 Å². The van der Waals surface area contributed by atoms with Gasteiger partial charge in [0.2, 0.25) is 0 Å². The molecule has 0 aliphatic rings. The van der Waals surface area contributed by atoms with Gasteiger partial charge < -0.3 is 4.74 Å². The fraction of sp³-hybridized carbons (Fsp3) is 1.00. The van der Waals surface area contributed by atoms with Crippen LogP contribution in [0.3, 0.4) is 0 Å². The summed E-state index contributed by atoms with van der Waals surface area (Å²) in [7, 11) is -6.17. The maximum Gasteiger partial charge on any atom is 0.431 e. The summed E-state index contributed by atoms with van der Waals surface area (Å²) in [5.41, 5.74) is -0.774. The summed E-state index contributed by atoms with van der Waals surface area (Å²) in [6.07, 6.45) is -1.05. The van der Waals surface area contributed by atoms with Crippen molar-refractivity contribution in [3.63, 3.8) is 0 Å². The molecule has 0 unspecified atom stereocenters. The van der Waals surface area contributed by atoms with Gasteiger partial charge in [0, 0.05) is 6.42 Å². The number of hydrogen-bond donors (Lipinski definition) is 1. The molecule has 0 atom stereocenters. The standard InChI is InChI=1S/C9H16F4O4S/c1-4-7(2,3)17-6-5-8(10,11)9(12,13)18(14,15)16/h4-6H2,1-3H3,(H,14,15,16). The van der Waals surface area contributed by atoms with Crippen LogP contribution in [0.1, 0.15) is 33.6 Å². The predicted molar refractivity (Wildman–Crippen MR) is 56.4 cm³/mol. The fourth-order valence-corrected chi connectivity index (χ4v) is 1.37. The van der Waals surface area contributed by atoms with Crippen LogP contribution in [0.15, 0.2) is 0 Å². The number of halogens is 4. The summed E-state index contributed by atoms with van der Waals surface area (Å²) < 4.78 is 85.0. The van der Waals surface area contributed by atoms with E-state index in [-0.39, 0.29) is 0 Å². The second-order valence-electron chi connectivity index (χ2n) is 4.41. The van der Waals surface area contributed by atoms with Gasteiger partial charge in [-0.25, -0.2) is 0 Å². The fourth-order valence-electron chi connectivity index (χ4n) is 0.892. The summed E-state index contributed by atoms with van der Waals surface area (Å²) >= 11 is 0. The van der Waals surface area contributed by atoms with E-state index in [0.717, 1.165) is 0 Å². The van der Waals surface area contributed by atoms with Gasteiger partial charge in [-0.3, -0.25) is 4.55 Å². The molecule has 0 aliphatic heterocycles. The van der Waals surface area contributed by atoms with Gasteiger partial charge >= 0.3 is 21.3 Å². The van der Waals surface area contributed by atoms with E-state index < -0.39 is 39.9 Å². The molecule has 0 aromatic rings. The van der Waals surface area contributed by atoms with Crippen LogP contribution in [0.25, 0.3) is 0 Å². The average Bonchev–Trinajstić information content (AvgIpc) is 2.15. The Morgan fingerprint density at radius 3 is 1.94 bits per heavy atom. The van der Waals surface area contributed by atoms with Crippen molar-refractivity contribution >= 4 is 10.1 Å². The lowest BCUT2D eigenvalue weighted by atomic mass is 10.1. The third kappa shape index (κ3) is 4.06. The number of alkyl halides is 4. The monoisotopic (exact) mass is 296 g/mol. The van der Waals surface area contributed by atoms with E-state index in [1.807, 2.05) is 0 Å². The van der Waals surface area contributed by atoms with Crippen LogP contribution in [-0.4, -0.2) is 36.4 Å². The van der Waals surface area contributed by atoms with E-state index in [9.17, 15) is 26.0 Å². The van der Waals surface area contributed by atoms with Crippen molar-refractivity contribution in [3.05, 3.63) is 0 Å². The number of hydrogen-bond acceptors (Lipinski definition) is 3. The molecule has 110 valence electrons. The maximum absolute atomic E-state index is 13.0. The Morgan fingerprint density at radius 2 is 1.61 bits per heavy atom. The Bertz CT molecular complexity index is 378. The van der Waals surface area contributed by atoms with Gasteiger partial charge in [0.25, 0.3) is 0 Å². The summed E-state index contributed by atoms with van der Waals surface area (Å²) in [5.74, 6) is -4.90. The Hall–Kier alpha value is -0.410. The lowest BCUT2D eigenvalue weighted by Crippen LogP contribution is -2.47. The van der Waals surface area contributed by atoms with E-state index in [1.54, 1.807) is 20.8 Å². The molecule has 0 aromatic heterocycles. The van der Waals surface area contributed by atoms with Crippen LogP contribution in [0.2, 0.25) is 0 Å². The molecule has 0 rings (SSSR count). The maximum atomic E-state index is 13.0. The highest BCUT2D eigenvalue weighted by molar-refractivity contribution is 7.87. The number of rotatable bonds is 7. The highest BCUT2D eigenvalue weighted by Gasteiger charge is 2.65. The zero-order chi connectivity index (χ0) is 14.8. The van der Waals surface area contributed by atoms with Gasteiger partial charge in [-0.05, 0) is 20.3 Å². The first-order valence-corrected chi connectivity index (χ1v) is 6.57. The quantitative estimate of drug-likeness (QED) is 0.579. The third-order valence-electron chi connectivity index (χ3n) is 2.51. The Balaban J connectivity index is 4.69. The molecule has 0 heterocycles. The molecular formula is C9H16F4O4S. The highest BCUT2D eigenvalue weighted by atomic mass is 32.2. The van der Waals surface area contributed by atoms with Crippen molar-refractivity contribution in [2.75, 3.05) is 6.61 Å². The summed E-state index contributed by atoms with van der Waals surface area (Å²) in [5, 5.41) is -5.53. The topological polar surface area (TPSA) is 63.6 Å². The van der Waals surface area contributed by atoms with E-state index in [4.69, 9.17) is 9.29 Å². The van der Waals surface area contributed by atoms with Crippen molar-refractivity contribution < 1.29 is 35.3 Å². The zero-order valence-corrected chi connectivity index (χ0v) is 11.0. The molecule has 0 aromatic carbocycles. The molecule has 0 amide bonds. The Morgan fingerprint density at radius 1 is 1.17 bits per heavy atom. The minimum Gasteiger partial charge on any atom is -0.375 e. The second kappa shape index (κ2) is 5.30. The molecule has 4 nitrogen and oxygen atoms in total. The van der Waals surface area contributed by atoms with Crippen molar-refractivity contribution in [1.82, 2.24) is 0 Å². The Labute approximate surface area is 103 Å². The molecule has 9 heteroatoms. The van der Waals surface area contributed by atoms with Crippen LogP contribution < -0.4 is 0 Å². The first kappa shape index (κ1) is 17.6. The van der Waals surface area contributed by atoms with Crippen LogP contribution in [0, 0.1) is 0 Å². The van der Waals surface area contributed by atoms with E-state index >= 15 is 0 Å². The largest absolute Gasteiger partial charge is 0.431 e. The molecule has 0 spiro atoms. The average molecular weight is 296 g/mol. The van der Waals surface area contributed by atoms with Crippen molar-refractivity contribution in [1.29, 1.82) is 0 Å². The van der Waals surface area contributed by atoms with Crippen molar-refractivity contribution in [2.24, 2.45) is 0 Å². The molecule has 0 aliphatic carbocycles. The normalized spacial score (nSPS) is 14.9.